The average molecular weight is 410 g/mol. The third-order valence-electron chi connectivity index (χ3n) is 5.41. The number of amides is 2. The van der Waals surface area contributed by atoms with Crippen LogP contribution in [0.4, 0.5) is 0 Å². The number of hydrogen-bond acceptors (Lipinski definition) is 6. The number of ether oxygens (including phenoxy) is 2. The van der Waals surface area contributed by atoms with Crippen molar-refractivity contribution in [3.63, 3.8) is 0 Å². The molecule has 1 aromatic rings. The molecule has 1 atom stereocenters. The van der Waals surface area contributed by atoms with Crippen molar-refractivity contribution in [2.24, 2.45) is 5.73 Å². The molecule has 2 fully saturated rings. The molecule has 1 saturated carbocycles. The lowest BCUT2D eigenvalue weighted by molar-refractivity contribution is -0.137. The fourth-order valence-corrected chi connectivity index (χ4v) is 5.76. The van der Waals surface area contributed by atoms with E-state index in [0.29, 0.717) is 12.2 Å². The van der Waals surface area contributed by atoms with Crippen LogP contribution >= 0.6 is 0 Å². The van der Waals surface area contributed by atoms with Crippen LogP contribution in [0.5, 0.6) is 11.5 Å². The molecule has 2 N–H and O–H groups in total. The van der Waals surface area contributed by atoms with Gasteiger partial charge in [-0.25, -0.2) is 8.42 Å². The SMILES string of the molecule is COc1ccc(OCC(=O)N(C2CCCC2)C2CCS(=O)(=O)C2)c(C(N)=O)c1. The van der Waals surface area contributed by atoms with E-state index in [0.717, 1.165) is 25.7 Å². The summed E-state index contributed by atoms with van der Waals surface area (Å²) in [4.78, 5) is 26.4. The van der Waals surface area contributed by atoms with Crippen molar-refractivity contribution < 1.29 is 27.5 Å². The van der Waals surface area contributed by atoms with Crippen molar-refractivity contribution in [1.29, 1.82) is 0 Å². The van der Waals surface area contributed by atoms with Crippen LogP contribution in [-0.2, 0) is 14.6 Å². The zero-order valence-electron chi connectivity index (χ0n) is 15.9. The Morgan fingerprint density at radius 1 is 1.18 bits per heavy atom. The van der Waals surface area contributed by atoms with Crippen molar-refractivity contribution in [3.05, 3.63) is 23.8 Å². The van der Waals surface area contributed by atoms with Gasteiger partial charge < -0.3 is 20.1 Å². The normalized spacial score (nSPS) is 21.4. The van der Waals surface area contributed by atoms with Gasteiger partial charge in [-0.15, -0.1) is 0 Å². The first-order valence-electron chi connectivity index (χ1n) is 9.43. The van der Waals surface area contributed by atoms with Gasteiger partial charge in [0, 0.05) is 12.1 Å². The molecule has 2 amide bonds. The van der Waals surface area contributed by atoms with E-state index in [2.05, 4.69) is 0 Å². The van der Waals surface area contributed by atoms with Gasteiger partial charge in [0.15, 0.2) is 16.4 Å². The first-order valence-corrected chi connectivity index (χ1v) is 11.2. The Balaban J connectivity index is 1.75. The third-order valence-corrected chi connectivity index (χ3v) is 7.16. The van der Waals surface area contributed by atoms with E-state index in [1.165, 1.54) is 19.2 Å². The van der Waals surface area contributed by atoms with Crippen LogP contribution in [0.1, 0.15) is 42.5 Å². The van der Waals surface area contributed by atoms with Gasteiger partial charge in [0.2, 0.25) is 0 Å². The maximum atomic E-state index is 13.0. The van der Waals surface area contributed by atoms with Crippen LogP contribution in [-0.4, -0.2) is 62.4 Å². The number of methoxy groups -OCH3 is 1. The van der Waals surface area contributed by atoms with Gasteiger partial charge in [0.25, 0.3) is 11.8 Å². The number of nitrogens with two attached hydrogens (primary N) is 1. The number of benzene rings is 1. The Morgan fingerprint density at radius 3 is 2.46 bits per heavy atom. The minimum atomic E-state index is -3.11. The Labute approximate surface area is 164 Å². The Hall–Kier alpha value is -2.29. The molecule has 1 unspecified atom stereocenters. The minimum Gasteiger partial charge on any atom is -0.497 e. The Morgan fingerprint density at radius 2 is 1.89 bits per heavy atom. The van der Waals surface area contributed by atoms with E-state index in [9.17, 15) is 18.0 Å². The smallest absolute Gasteiger partial charge is 0.261 e. The van der Waals surface area contributed by atoms with Crippen LogP contribution in [0, 0.1) is 0 Å². The fourth-order valence-electron chi connectivity index (χ4n) is 4.05. The summed E-state index contributed by atoms with van der Waals surface area (Å²) >= 11 is 0. The molecule has 3 rings (SSSR count). The summed E-state index contributed by atoms with van der Waals surface area (Å²) in [7, 11) is -1.63. The lowest BCUT2D eigenvalue weighted by atomic mass is 10.1. The van der Waals surface area contributed by atoms with Gasteiger partial charge in [0.05, 0.1) is 24.2 Å². The maximum absolute atomic E-state index is 13.0. The van der Waals surface area contributed by atoms with E-state index in [4.69, 9.17) is 15.2 Å². The minimum absolute atomic E-state index is 0.00428. The van der Waals surface area contributed by atoms with Crippen molar-refractivity contribution in [2.45, 2.75) is 44.2 Å². The Bertz CT molecular complexity index is 848. The van der Waals surface area contributed by atoms with Crippen molar-refractivity contribution in [2.75, 3.05) is 25.2 Å². The molecule has 1 aromatic carbocycles. The zero-order valence-corrected chi connectivity index (χ0v) is 16.7. The van der Waals surface area contributed by atoms with Gasteiger partial charge in [-0.05, 0) is 37.5 Å². The highest BCUT2D eigenvalue weighted by Crippen LogP contribution is 2.30. The third kappa shape index (κ3) is 4.57. The van der Waals surface area contributed by atoms with Gasteiger partial charge in [-0.3, -0.25) is 9.59 Å². The number of nitrogens with zero attached hydrogens (tertiary/aromatic N) is 1. The number of carbonyl (C=O) groups is 2. The summed E-state index contributed by atoms with van der Waals surface area (Å²) in [6, 6.07) is 4.34. The molecule has 8 nitrogen and oxygen atoms in total. The zero-order chi connectivity index (χ0) is 20.3. The highest BCUT2D eigenvalue weighted by molar-refractivity contribution is 7.91. The van der Waals surface area contributed by atoms with Gasteiger partial charge in [-0.2, -0.15) is 0 Å². The lowest BCUT2D eigenvalue weighted by Gasteiger charge is -2.34. The maximum Gasteiger partial charge on any atom is 0.261 e. The second kappa shape index (κ2) is 8.38. The summed E-state index contributed by atoms with van der Waals surface area (Å²) in [5, 5.41) is 0. The molecule has 1 aliphatic carbocycles. The number of hydrogen-bond donors (Lipinski definition) is 1. The lowest BCUT2D eigenvalue weighted by Crippen LogP contribution is -2.48. The molecule has 0 radical (unpaired) electrons. The highest BCUT2D eigenvalue weighted by atomic mass is 32.2. The molecule has 0 aromatic heterocycles. The molecule has 1 saturated heterocycles. The molecule has 1 aliphatic heterocycles. The van der Waals surface area contributed by atoms with Crippen molar-refractivity contribution in [1.82, 2.24) is 4.90 Å². The monoisotopic (exact) mass is 410 g/mol. The van der Waals surface area contributed by atoms with E-state index in [-0.39, 0.29) is 47.4 Å². The summed E-state index contributed by atoms with van der Waals surface area (Å²) in [5.41, 5.74) is 5.52. The first-order chi connectivity index (χ1) is 13.3. The van der Waals surface area contributed by atoms with Gasteiger partial charge >= 0.3 is 0 Å². The standard InChI is InChI=1S/C19H26N2O6S/c1-26-15-6-7-17(16(10-15)19(20)23)27-11-18(22)21(13-4-2-3-5-13)14-8-9-28(24,25)12-14/h6-7,10,13-14H,2-5,8-9,11-12H2,1H3,(H2,20,23). The van der Waals surface area contributed by atoms with Crippen molar-refractivity contribution >= 4 is 21.7 Å². The van der Waals surface area contributed by atoms with Gasteiger partial charge in [-0.1, -0.05) is 12.8 Å². The topological polar surface area (TPSA) is 116 Å². The summed E-state index contributed by atoms with van der Waals surface area (Å²) in [6.07, 6.45) is 4.26. The number of sulfone groups is 1. The molecule has 0 bridgehead atoms. The second-order valence-corrected chi connectivity index (χ2v) is 9.54. The van der Waals surface area contributed by atoms with Crippen molar-refractivity contribution in [3.8, 4) is 11.5 Å². The Kier molecular flexibility index (Phi) is 6.12. The van der Waals surface area contributed by atoms with E-state index >= 15 is 0 Å². The average Bonchev–Trinajstić information content (AvgIpc) is 3.30. The molecular weight excluding hydrogens is 384 g/mol. The molecule has 154 valence electrons. The van der Waals surface area contributed by atoms with E-state index in [1.54, 1.807) is 11.0 Å². The van der Waals surface area contributed by atoms with Crippen LogP contribution in [0.25, 0.3) is 0 Å². The molecule has 28 heavy (non-hydrogen) atoms. The first kappa shape index (κ1) is 20.4. The predicted octanol–water partition coefficient (Wildman–Crippen LogP) is 1.13. The predicted molar refractivity (Wildman–Crippen MR) is 103 cm³/mol. The summed E-state index contributed by atoms with van der Waals surface area (Å²) in [5.74, 6) is -0.177. The number of primary amides is 1. The number of carbonyl (C=O) groups excluding carboxylic acids is 2. The second-order valence-electron chi connectivity index (χ2n) is 7.31. The van der Waals surface area contributed by atoms with Crippen LogP contribution < -0.4 is 15.2 Å². The molecule has 0 spiro atoms. The molecule has 1 heterocycles. The number of rotatable bonds is 7. The van der Waals surface area contributed by atoms with E-state index in [1.807, 2.05) is 0 Å². The van der Waals surface area contributed by atoms with Crippen LogP contribution in [0.15, 0.2) is 18.2 Å². The van der Waals surface area contributed by atoms with Crippen LogP contribution in [0.3, 0.4) is 0 Å². The molecule has 2 aliphatic rings. The fraction of sp³-hybridized carbons (Fsp3) is 0.579. The largest absolute Gasteiger partial charge is 0.497 e. The summed E-state index contributed by atoms with van der Waals surface area (Å²) in [6.45, 7) is -0.278. The van der Waals surface area contributed by atoms with E-state index < -0.39 is 15.7 Å². The van der Waals surface area contributed by atoms with Crippen LogP contribution in [0.2, 0.25) is 0 Å². The molecular formula is C19H26N2O6S. The quantitative estimate of drug-likeness (QED) is 0.720. The summed E-state index contributed by atoms with van der Waals surface area (Å²) < 4.78 is 34.5. The molecule has 9 heteroatoms. The highest BCUT2D eigenvalue weighted by Gasteiger charge is 2.39. The van der Waals surface area contributed by atoms with Gasteiger partial charge in [0.1, 0.15) is 11.5 Å².